The van der Waals surface area contributed by atoms with Crippen molar-refractivity contribution in [1.29, 1.82) is 5.26 Å². The molecule has 2 aromatic heterocycles. The van der Waals surface area contributed by atoms with Crippen molar-refractivity contribution >= 4 is 11.6 Å². The second-order valence-corrected chi connectivity index (χ2v) is 9.53. The van der Waals surface area contributed by atoms with Crippen molar-refractivity contribution in [3.05, 3.63) is 65.7 Å². The van der Waals surface area contributed by atoms with E-state index in [1.807, 2.05) is 0 Å². The van der Waals surface area contributed by atoms with Gasteiger partial charge in [0.2, 0.25) is 5.95 Å². The number of fused-ring (bicyclic) bond motifs is 3. The highest BCUT2D eigenvalue weighted by molar-refractivity contribution is 5.91. The molecule has 2 atom stereocenters. The summed E-state index contributed by atoms with van der Waals surface area (Å²) in [6.45, 7) is 0. The fourth-order valence-corrected chi connectivity index (χ4v) is 5.79. The summed E-state index contributed by atoms with van der Waals surface area (Å²) in [5.41, 5.74) is 6.95. The fraction of sp³-hybridized carbons (Fsp3) is 0.296. The molecule has 4 aromatic rings. The lowest BCUT2D eigenvalue weighted by Crippen LogP contribution is -2.48. The van der Waals surface area contributed by atoms with Crippen LogP contribution in [0.5, 0.6) is 5.75 Å². The molecule has 0 saturated carbocycles. The minimum absolute atomic E-state index is 0.0473. The van der Waals surface area contributed by atoms with Crippen molar-refractivity contribution in [1.82, 2.24) is 14.4 Å². The third-order valence-electron chi connectivity index (χ3n) is 7.43. The van der Waals surface area contributed by atoms with Gasteiger partial charge in [-0.1, -0.05) is 6.07 Å². The molecule has 0 aliphatic carbocycles. The van der Waals surface area contributed by atoms with Crippen LogP contribution in [0.4, 0.5) is 19.1 Å². The predicted octanol–water partition coefficient (Wildman–Crippen LogP) is 4.82. The van der Waals surface area contributed by atoms with Crippen molar-refractivity contribution in [3.63, 3.8) is 0 Å². The van der Waals surface area contributed by atoms with Gasteiger partial charge < -0.3 is 15.4 Å². The third kappa shape index (κ3) is 3.61. The predicted molar refractivity (Wildman–Crippen MR) is 131 cm³/mol. The SMILES string of the molecule is COc1ccc(-c2c(-c3ccc(C#N)c(F)c3F)nc(N3C4CCC3CC(N)C4)n3ccnc23)cc1F. The van der Waals surface area contributed by atoms with Gasteiger partial charge in [0.1, 0.15) is 11.7 Å². The summed E-state index contributed by atoms with van der Waals surface area (Å²) in [5.74, 6) is -2.49. The lowest BCUT2D eigenvalue weighted by atomic mass is 9.97. The highest BCUT2D eigenvalue weighted by Crippen LogP contribution is 2.43. The minimum atomic E-state index is -1.26. The average molecular weight is 505 g/mol. The fourth-order valence-electron chi connectivity index (χ4n) is 5.79. The van der Waals surface area contributed by atoms with Crippen LogP contribution in [0.2, 0.25) is 0 Å². The molecule has 6 rings (SSSR count). The van der Waals surface area contributed by atoms with Gasteiger partial charge in [0.15, 0.2) is 23.2 Å². The first-order valence-electron chi connectivity index (χ1n) is 12.0. The zero-order valence-corrected chi connectivity index (χ0v) is 20.0. The lowest BCUT2D eigenvalue weighted by Gasteiger charge is -2.39. The lowest BCUT2D eigenvalue weighted by molar-refractivity contribution is 0.386. The van der Waals surface area contributed by atoms with Crippen LogP contribution >= 0.6 is 0 Å². The molecule has 2 aromatic carbocycles. The third-order valence-corrected chi connectivity index (χ3v) is 7.43. The molecule has 0 spiro atoms. The van der Waals surface area contributed by atoms with Gasteiger partial charge in [-0.3, -0.25) is 4.40 Å². The summed E-state index contributed by atoms with van der Waals surface area (Å²) in [6.07, 6.45) is 6.87. The van der Waals surface area contributed by atoms with E-state index < -0.39 is 23.0 Å². The van der Waals surface area contributed by atoms with E-state index >= 15 is 4.39 Å². The molecule has 188 valence electrons. The van der Waals surface area contributed by atoms with E-state index in [0.717, 1.165) is 25.7 Å². The maximum absolute atomic E-state index is 15.4. The van der Waals surface area contributed by atoms with Gasteiger partial charge in [0.05, 0.1) is 23.9 Å². The van der Waals surface area contributed by atoms with Crippen molar-refractivity contribution < 1.29 is 17.9 Å². The summed E-state index contributed by atoms with van der Waals surface area (Å²) in [5, 5.41) is 9.18. The molecule has 2 fully saturated rings. The summed E-state index contributed by atoms with van der Waals surface area (Å²) in [4.78, 5) is 11.6. The molecule has 4 heterocycles. The van der Waals surface area contributed by atoms with Gasteiger partial charge in [-0.25, -0.2) is 23.1 Å². The number of hydrogen-bond donors (Lipinski definition) is 1. The first-order valence-corrected chi connectivity index (χ1v) is 12.0. The normalized spacial score (nSPS) is 20.9. The van der Waals surface area contributed by atoms with Crippen LogP contribution in [0.1, 0.15) is 31.2 Å². The molecule has 2 aliphatic heterocycles. The minimum Gasteiger partial charge on any atom is -0.494 e. The Morgan fingerprint density at radius 2 is 1.84 bits per heavy atom. The molecule has 2 aliphatic rings. The number of benzene rings is 2. The topological polar surface area (TPSA) is 92.5 Å². The Bertz CT molecular complexity index is 1560. The molecule has 2 bridgehead atoms. The number of aromatic nitrogens is 3. The molecule has 37 heavy (non-hydrogen) atoms. The first-order chi connectivity index (χ1) is 17.9. The maximum Gasteiger partial charge on any atom is 0.212 e. The molecular formula is C27H23F3N6O. The largest absolute Gasteiger partial charge is 0.494 e. The van der Waals surface area contributed by atoms with Crippen molar-refractivity contribution in [3.8, 4) is 34.2 Å². The molecule has 2 unspecified atom stereocenters. The standard InChI is InChI=1S/C27H23F3N6O/c1-37-21-7-3-14(10-20(21)28)22-25(19-6-2-15(13-31)23(29)24(19)30)34-27(35-9-8-33-26(22)35)36-17-4-5-18(36)12-16(32)11-17/h2-3,6-10,16-18H,4-5,11-12,32H2,1H3. The molecule has 2 saturated heterocycles. The number of ether oxygens (including phenoxy) is 1. The van der Waals surface area contributed by atoms with Crippen LogP contribution in [0.15, 0.2) is 42.7 Å². The van der Waals surface area contributed by atoms with Gasteiger partial charge in [-0.15, -0.1) is 0 Å². The number of imidazole rings is 1. The summed E-state index contributed by atoms with van der Waals surface area (Å²) in [7, 11) is 1.36. The molecule has 10 heteroatoms. The van der Waals surface area contributed by atoms with E-state index in [0.29, 0.717) is 22.7 Å². The average Bonchev–Trinajstić information content (AvgIpc) is 3.47. The van der Waals surface area contributed by atoms with Crippen LogP contribution in [-0.4, -0.2) is 39.6 Å². The maximum atomic E-state index is 15.4. The quantitative estimate of drug-likeness (QED) is 0.429. The second kappa shape index (κ2) is 8.78. The summed E-state index contributed by atoms with van der Waals surface area (Å²) < 4.78 is 51.9. The Labute approximate surface area is 210 Å². The van der Waals surface area contributed by atoms with Crippen LogP contribution in [0.25, 0.3) is 28.0 Å². The van der Waals surface area contributed by atoms with Crippen molar-refractivity contribution in [2.75, 3.05) is 12.0 Å². The summed E-state index contributed by atoms with van der Waals surface area (Å²) in [6, 6.07) is 8.96. The smallest absolute Gasteiger partial charge is 0.212 e. The van der Waals surface area contributed by atoms with Crippen LogP contribution in [-0.2, 0) is 0 Å². The number of halogens is 3. The number of hydrogen-bond acceptors (Lipinski definition) is 6. The second-order valence-electron chi connectivity index (χ2n) is 9.53. The molecule has 2 N–H and O–H groups in total. The van der Waals surface area contributed by atoms with E-state index in [-0.39, 0.29) is 35.1 Å². The van der Waals surface area contributed by atoms with E-state index in [4.69, 9.17) is 15.5 Å². The molecule has 7 nitrogen and oxygen atoms in total. The van der Waals surface area contributed by atoms with E-state index in [1.54, 1.807) is 28.9 Å². The Morgan fingerprint density at radius 1 is 1.08 bits per heavy atom. The van der Waals surface area contributed by atoms with Crippen molar-refractivity contribution in [2.45, 2.75) is 43.8 Å². The van der Waals surface area contributed by atoms with Gasteiger partial charge >= 0.3 is 0 Å². The first kappa shape index (κ1) is 23.3. The highest BCUT2D eigenvalue weighted by atomic mass is 19.2. The number of nitrogens with zero attached hydrogens (tertiary/aromatic N) is 5. The van der Waals surface area contributed by atoms with Crippen LogP contribution in [0, 0.1) is 28.8 Å². The van der Waals surface area contributed by atoms with E-state index in [9.17, 15) is 14.0 Å². The van der Waals surface area contributed by atoms with Gasteiger partial charge in [0.25, 0.3) is 0 Å². The number of anilines is 1. The van der Waals surface area contributed by atoms with E-state index in [2.05, 4.69) is 9.88 Å². The van der Waals surface area contributed by atoms with Gasteiger partial charge in [-0.05, 0) is 55.5 Å². The zero-order chi connectivity index (χ0) is 25.8. The summed E-state index contributed by atoms with van der Waals surface area (Å²) >= 11 is 0. The number of methoxy groups -OCH3 is 1. The molecular weight excluding hydrogens is 481 g/mol. The zero-order valence-electron chi connectivity index (χ0n) is 20.0. The Hall–Kier alpha value is -4.10. The number of nitrogens with two attached hydrogens (primary N) is 1. The number of piperidine rings is 1. The van der Waals surface area contributed by atoms with E-state index in [1.165, 1.54) is 31.4 Å². The molecule has 0 amide bonds. The van der Waals surface area contributed by atoms with Crippen molar-refractivity contribution in [2.24, 2.45) is 5.73 Å². The Balaban J connectivity index is 1.65. The number of nitriles is 1. The number of rotatable bonds is 4. The Kier molecular flexibility index (Phi) is 5.53. The Morgan fingerprint density at radius 3 is 2.51 bits per heavy atom. The monoisotopic (exact) mass is 504 g/mol. The van der Waals surface area contributed by atoms with Crippen LogP contribution < -0.4 is 15.4 Å². The highest BCUT2D eigenvalue weighted by Gasteiger charge is 2.42. The van der Waals surface area contributed by atoms with Crippen LogP contribution in [0.3, 0.4) is 0 Å². The van der Waals surface area contributed by atoms with Gasteiger partial charge in [0, 0.05) is 36.1 Å². The molecule has 0 radical (unpaired) electrons. The van der Waals surface area contributed by atoms with Gasteiger partial charge in [-0.2, -0.15) is 5.26 Å².